The van der Waals surface area contributed by atoms with Gasteiger partial charge >= 0.3 is 0 Å². The summed E-state index contributed by atoms with van der Waals surface area (Å²) in [6.45, 7) is 2.07. The fourth-order valence-corrected chi connectivity index (χ4v) is 3.36. The topological polar surface area (TPSA) is 15.3 Å². The van der Waals surface area contributed by atoms with Crippen molar-refractivity contribution in [2.45, 2.75) is 25.8 Å². The van der Waals surface area contributed by atoms with Gasteiger partial charge in [0.1, 0.15) is 11.6 Å². The lowest BCUT2D eigenvalue weighted by Gasteiger charge is -2.37. The third kappa shape index (κ3) is 3.31. The van der Waals surface area contributed by atoms with Crippen molar-refractivity contribution in [2.24, 2.45) is 0 Å². The second-order valence-electron chi connectivity index (χ2n) is 5.59. The van der Waals surface area contributed by atoms with Crippen LogP contribution in [0.4, 0.5) is 20.2 Å². The van der Waals surface area contributed by atoms with Crippen LogP contribution < -0.4 is 10.2 Å². The summed E-state index contributed by atoms with van der Waals surface area (Å²) in [4.78, 5) is 1.96. The highest BCUT2D eigenvalue weighted by Gasteiger charge is 2.26. The number of nitrogens with one attached hydrogen (secondary N) is 1. The fraction of sp³-hybridized carbons (Fsp3) is 0.235. The summed E-state index contributed by atoms with van der Waals surface area (Å²) >= 11 is 11.3. The zero-order valence-electron chi connectivity index (χ0n) is 12.4. The van der Waals surface area contributed by atoms with Crippen molar-refractivity contribution < 1.29 is 8.78 Å². The first kappa shape index (κ1) is 16.1. The van der Waals surface area contributed by atoms with Gasteiger partial charge in [-0.25, -0.2) is 8.78 Å². The van der Waals surface area contributed by atoms with Gasteiger partial charge in [0.2, 0.25) is 0 Å². The van der Waals surface area contributed by atoms with Gasteiger partial charge in [0.05, 0.1) is 5.02 Å². The number of hydrogen-bond donors (Lipinski definition) is 1. The zero-order chi connectivity index (χ0) is 16.6. The molecule has 0 aromatic heterocycles. The van der Waals surface area contributed by atoms with Crippen LogP contribution in [0.25, 0.3) is 0 Å². The van der Waals surface area contributed by atoms with Gasteiger partial charge in [0.15, 0.2) is 5.11 Å². The van der Waals surface area contributed by atoms with E-state index in [4.69, 9.17) is 23.8 Å². The molecular weight excluding hydrogens is 338 g/mol. The van der Waals surface area contributed by atoms with E-state index in [1.54, 1.807) is 18.2 Å². The SMILES string of the molecule is CC1CCc2cc(F)ccc2N1C(=S)Nc1ccc(F)c(Cl)c1. The van der Waals surface area contributed by atoms with Gasteiger partial charge in [-0.3, -0.25) is 0 Å². The Morgan fingerprint density at radius 2 is 2.04 bits per heavy atom. The third-order valence-corrected chi connectivity index (χ3v) is 4.55. The minimum atomic E-state index is -0.477. The predicted molar refractivity (Wildman–Crippen MR) is 94.3 cm³/mol. The monoisotopic (exact) mass is 352 g/mol. The highest BCUT2D eigenvalue weighted by atomic mass is 35.5. The molecule has 0 aliphatic carbocycles. The molecule has 1 heterocycles. The average molecular weight is 353 g/mol. The van der Waals surface area contributed by atoms with Crippen LogP contribution in [-0.2, 0) is 6.42 Å². The minimum absolute atomic E-state index is 0.0342. The maximum atomic E-state index is 13.4. The lowest BCUT2D eigenvalue weighted by molar-refractivity contribution is 0.604. The van der Waals surface area contributed by atoms with Crippen LogP contribution >= 0.6 is 23.8 Å². The molecule has 120 valence electrons. The number of thiocarbonyl (C=S) groups is 1. The number of anilines is 2. The molecule has 1 atom stereocenters. The van der Waals surface area contributed by atoms with E-state index in [2.05, 4.69) is 12.2 Å². The quantitative estimate of drug-likeness (QED) is 0.714. The highest BCUT2D eigenvalue weighted by molar-refractivity contribution is 7.80. The molecule has 23 heavy (non-hydrogen) atoms. The molecule has 1 unspecified atom stereocenters. The number of aryl methyl sites for hydroxylation is 1. The number of rotatable bonds is 1. The van der Waals surface area contributed by atoms with Gasteiger partial charge in [0, 0.05) is 17.4 Å². The molecule has 0 saturated carbocycles. The summed E-state index contributed by atoms with van der Waals surface area (Å²) in [6, 6.07) is 9.26. The average Bonchev–Trinajstić information content (AvgIpc) is 2.51. The van der Waals surface area contributed by atoms with E-state index in [-0.39, 0.29) is 16.9 Å². The van der Waals surface area contributed by atoms with Gasteiger partial charge in [-0.15, -0.1) is 0 Å². The van der Waals surface area contributed by atoms with Crippen LogP contribution in [0.1, 0.15) is 18.9 Å². The second kappa shape index (κ2) is 6.42. The summed E-state index contributed by atoms with van der Waals surface area (Å²) in [6.07, 6.45) is 1.69. The maximum Gasteiger partial charge on any atom is 0.178 e. The molecule has 1 aliphatic rings. The minimum Gasteiger partial charge on any atom is -0.332 e. The molecule has 0 saturated heterocycles. The molecule has 6 heteroatoms. The van der Waals surface area contributed by atoms with E-state index in [0.29, 0.717) is 10.8 Å². The third-order valence-electron chi connectivity index (χ3n) is 3.96. The summed E-state index contributed by atoms with van der Waals surface area (Å²) < 4.78 is 26.7. The van der Waals surface area contributed by atoms with Crippen LogP contribution in [0.15, 0.2) is 36.4 Å². The molecule has 0 spiro atoms. The lowest BCUT2D eigenvalue weighted by atomic mass is 9.97. The molecule has 3 rings (SSSR count). The van der Waals surface area contributed by atoms with Gasteiger partial charge in [-0.05, 0) is 73.9 Å². The maximum absolute atomic E-state index is 13.4. The van der Waals surface area contributed by atoms with Gasteiger partial charge in [0.25, 0.3) is 0 Å². The molecule has 0 amide bonds. The molecule has 2 aromatic carbocycles. The standard InChI is InChI=1S/C17H15ClF2N2S/c1-10-2-3-11-8-12(19)4-7-16(11)22(10)17(23)21-13-5-6-15(20)14(18)9-13/h4-10H,2-3H2,1H3,(H,21,23). The van der Waals surface area contributed by atoms with Crippen LogP contribution in [0.3, 0.4) is 0 Å². The number of fused-ring (bicyclic) bond motifs is 1. The van der Waals surface area contributed by atoms with Crippen molar-refractivity contribution >= 4 is 40.3 Å². The Morgan fingerprint density at radius 1 is 1.26 bits per heavy atom. The largest absolute Gasteiger partial charge is 0.332 e. The Labute approximate surface area is 144 Å². The van der Waals surface area contributed by atoms with E-state index < -0.39 is 5.82 Å². The second-order valence-corrected chi connectivity index (χ2v) is 6.38. The van der Waals surface area contributed by atoms with E-state index >= 15 is 0 Å². The van der Waals surface area contributed by atoms with Crippen LogP contribution in [0.5, 0.6) is 0 Å². The van der Waals surface area contributed by atoms with E-state index in [0.717, 1.165) is 24.1 Å². The van der Waals surface area contributed by atoms with Gasteiger partial charge in [-0.2, -0.15) is 0 Å². The first-order valence-corrected chi connectivity index (χ1v) is 8.08. The molecule has 0 bridgehead atoms. The van der Waals surface area contributed by atoms with Crippen molar-refractivity contribution in [2.75, 3.05) is 10.2 Å². The number of halogens is 3. The summed E-state index contributed by atoms with van der Waals surface area (Å²) in [5.41, 5.74) is 2.45. The summed E-state index contributed by atoms with van der Waals surface area (Å²) in [5, 5.41) is 3.59. The Bertz CT molecular complexity index is 766. The number of benzene rings is 2. The summed E-state index contributed by atoms with van der Waals surface area (Å²) in [5.74, 6) is -0.724. The van der Waals surface area contributed by atoms with E-state index in [1.807, 2.05) is 4.90 Å². The van der Waals surface area contributed by atoms with Crippen molar-refractivity contribution in [1.29, 1.82) is 0 Å². The Balaban J connectivity index is 1.88. The first-order valence-electron chi connectivity index (χ1n) is 7.29. The Kier molecular flexibility index (Phi) is 4.50. The van der Waals surface area contributed by atoms with Crippen molar-refractivity contribution in [1.82, 2.24) is 0 Å². The van der Waals surface area contributed by atoms with E-state index in [9.17, 15) is 8.78 Å². The lowest BCUT2D eigenvalue weighted by Crippen LogP contribution is -2.44. The summed E-state index contributed by atoms with van der Waals surface area (Å²) in [7, 11) is 0. The Hall–Kier alpha value is -1.72. The van der Waals surface area contributed by atoms with Crippen LogP contribution in [-0.4, -0.2) is 11.2 Å². The molecule has 0 fully saturated rings. The number of nitrogens with zero attached hydrogens (tertiary/aromatic N) is 1. The van der Waals surface area contributed by atoms with Crippen LogP contribution in [0.2, 0.25) is 5.02 Å². The fourth-order valence-electron chi connectivity index (χ4n) is 2.79. The molecule has 1 N–H and O–H groups in total. The van der Waals surface area contributed by atoms with Crippen molar-refractivity contribution in [3.63, 3.8) is 0 Å². The van der Waals surface area contributed by atoms with E-state index in [1.165, 1.54) is 18.2 Å². The Morgan fingerprint density at radius 3 is 2.78 bits per heavy atom. The molecule has 2 nitrogen and oxygen atoms in total. The number of hydrogen-bond acceptors (Lipinski definition) is 1. The van der Waals surface area contributed by atoms with Crippen molar-refractivity contribution in [3.8, 4) is 0 Å². The normalized spacial score (nSPS) is 16.9. The first-order chi connectivity index (χ1) is 11.0. The predicted octanol–water partition coefficient (Wildman–Crippen LogP) is 5.16. The zero-order valence-corrected chi connectivity index (χ0v) is 14.0. The molecule has 0 radical (unpaired) electrons. The molecular formula is C17H15ClF2N2S. The van der Waals surface area contributed by atoms with Crippen molar-refractivity contribution in [3.05, 3.63) is 58.6 Å². The molecule has 2 aromatic rings. The van der Waals surface area contributed by atoms with Gasteiger partial charge < -0.3 is 10.2 Å². The molecule has 1 aliphatic heterocycles. The highest BCUT2D eigenvalue weighted by Crippen LogP contribution is 2.32. The smallest absolute Gasteiger partial charge is 0.178 e. The van der Waals surface area contributed by atoms with Crippen LogP contribution in [0, 0.1) is 11.6 Å². The van der Waals surface area contributed by atoms with Gasteiger partial charge in [-0.1, -0.05) is 11.6 Å².